The second-order valence-corrected chi connectivity index (χ2v) is 6.14. The molecule has 2 rings (SSSR count). The van der Waals surface area contributed by atoms with E-state index < -0.39 is 0 Å². The van der Waals surface area contributed by atoms with Crippen LogP contribution in [0.25, 0.3) is 0 Å². The van der Waals surface area contributed by atoms with Gasteiger partial charge in [-0.1, -0.05) is 19.8 Å². The topological polar surface area (TPSA) is 46.3 Å². The van der Waals surface area contributed by atoms with E-state index in [-0.39, 0.29) is 24.4 Å². The number of hydrogen-bond donors (Lipinski definition) is 1. The van der Waals surface area contributed by atoms with Crippen LogP contribution in [0, 0.1) is 11.8 Å². The van der Waals surface area contributed by atoms with Crippen LogP contribution in [0.5, 0.6) is 0 Å². The van der Waals surface area contributed by atoms with Gasteiger partial charge in [0.05, 0.1) is 0 Å². The highest BCUT2D eigenvalue weighted by Crippen LogP contribution is 2.30. The standard InChI is InChI=1S/C14H26N2O.ClH/c1-10-4-3-5-13(8-10)16(2)14(17)11-6-7-12(15)9-11;/h10-13H,3-9,15H2,1-2H3;1H. The highest BCUT2D eigenvalue weighted by Gasteiger charge is 2.33. The van der Waals surface area contributed by atoms with Crippen LogP contribution in [0.1, 0.15) is 51.9 Å². The van der Waals surface area contributed by atoms with Gasteiger partial charge in [-0.05, 0) is 38.0 Å². The van der Waals surface area contributed by atoms with E-state index in [0.29, 0.717) is 11.9 Å². The first-order valence-electron chi connectivity index (χ1n) is 7.10. The van der Waals surface area contributed by atoms with Crippen molar-refractivity contribution in [2.45, 2.75) is 64.0 Å². The van der Waals surface area contributed by atoms with E-state index in [1.54, 1.807) is 0 Å². The summed E-state index contributed by atoms with van der Waals surface area (Å²) >= 11 is 0. The zero-order chi connectivity index (χ0) is 12.4. The van der Waals surface area contributed by atoms with Gasteiger partial charge in [0, 0.05) is 25.0 Å². The van der Waals surface area contributed by atoms with Gasteiger partial charge in [-0.25, -0.2) is 0 Å². The molecule has 0 aliphatic heterocycles. The molecule has 2 fully saturated rings. The fourth-order valence-electron chi connectivity index (χ4n) is 3.46. The zero-order valence-corrected chi connectivity index (χ0v) is 12.4. The number of amides is 1. The molecule has 4 heteroatoms. The Morgan fingerprint density at radius 3 is 2.44 bits per heavy atom. The van der Waals surface area contributed by atoms with Crippen molar-refractivity contribution >= 4 is 18.3 Å². The van der Waals surface area contributed by atoms with Crippen LogP contribution in [0.4, 0.5) is 0 Å². The molecule has 1 amide bonds. The minimum Gasteiger partial charge on any atom is -0.343 e. The summed E-state index contributed by atoms with van der Waals surface area (Å²) in [6.45, 7) is 2.30. The van der Waals surface area contributed by atoms with Gasteiger partial charge in [0.25, 0.3) is 0 Å². The number of nitrogens with two attached hydrogens (primary N) is 1. The van der Waals surface area contributed by atoms with Crippen LogP contribution in [0.2, 0.25) is 0 Å². The smallest absolute Gasteiger partial charge is 0.225 e. The minimum absolute atomic E-state index is 0. The van der Waals surface area contributed by atoms with Crippen molar-refractivity contribution in [3.8, 4) is 0 Å². The molecule has 2 saturated carbocycles. The van der Waals surface area contributed by atoms with Gasteiger partial charge in [-0.2, -0.15) is 0 Å². The van der Waals surface area contributed by atoms with Crippen LogP contribution >= 0.6 is 12.4 Å². The van der Waals surface area contributed by atoms with E-state index in [0.717, 1.165) is 25.2 Å². The molecule has 4 atom stereocenters. The monoisotopic (exact) mass is 274 g/mol. The number of hydrogen-bond acceptors (Lipinski definition) is 2. The van der Waals surface area contributed by atoms with E-state index in [1.165, 1.54) is 25.7 Å². The quantitative estimate of drug-likeness (QED) is 0.841. The highest BCUT2D eigenvalue weighted by atomic mass is 35.5. The van der Waals surface area contributed by atoms with Crippen LogP contribution in [-0.2, 0) is 4.79 Å². The van der Waals surface area contributed by atoms with Gasteiger partial charge in [-0.15, -0.1) is 12.4 Å². The summed E-state index contributed by atoms with van der Waals surface area (Å²) < 4.78 is 0. The molecule has 0 aromatic carbocycles. The molecule has 0 heterocycles. The van der Waals surface area contributed by atoms with Crippen LogP contribution < -0.4 is 5.73 Å². The molecule has 0 saturated heterocycles. The summed E-state index contributed by atoms with van der Waals surface area (Å²) in [6.07, 6.45) is 7.87. The fraction of sp³-hybridized carbons (Fsp3) is 0.929. The lowest BCUT2D eigenvalue weighted by Crippen LogP contribution is -2.42. The van der Waals surface area contributed by atoms with Crippen molar-refractivity contribution in [3.05, 3.63) is 0 Å². The van der Waals surface area contributed by atoms with Gasteiger partial charge in [0.15, 0.2) is 0 Å². The number of rotatable bonds is 2. The lowest BCUT2D eigenvalue weighted by atomic mass is 9.86. The van der Waals surface area contributed by atoms with E-state index in [4.69, 9.17) is 5.73 Å². The Morgan fingerprint density at radius 2 is 1.89 bits per heavy atom. The summed E-state index contributed by atoms with van der Waals surface area (Å²) in [6, 6.07) is 0.728. The van der Waals surface area contributed by atoms with Crippen molar-refractivity contribution in [2.24, 2.45) is 17.6 Å². The Balaban J connectivity index is 0.00000162. The molecule has 4 unspecified atom stereocenters. The molecule has 0 spiro atoms. The third-order valence-electron chi connectivity index (χ3n) is 4.63. The first kappa shape index (κ1) is 15.8. The SMILES string of the molecule is CC1CCCC(N(C)C(=O)C2CCC(N)C2)C1.Cl. The number of halogens is 1. The molecule has 2 N–H and O–H groups in total. The molecule has 0 aromatic rings. The average molecular weight is 275 g/mol. The largest absolute Gasteiger partial charge is 0.343 e. The molecule has 3 nitrogen and oxygen atoms in total. The van der Waals surface area contributed by atoms with E-state index in [1.807, 2.05) is 11.9 Å². The van der Waals surface area contributed by atoms with E-state index in [2.05, 4.69) is 6.92 Å². The molecule has 106 valence electrons. The van der Waals surface area contributed by atoms with Gasteiger partial charge in [-0.3, -0.25) is 4.79 Å². The molecule has 0 aromatic heterocycles. The van der Waals surface area contributed by atoms with E-state index in [9.17, 15) is 4.79 Å². The molecule has 2 aliphatic rings. The Labute approximate surface area is 117 Å². The van der Waals surface area contributed by atoms with Crippen molar-refractivity contribution in [3.63, 3.8) is 0 Å². The van der Waals surface area contributed by atoms with Gasteiger partial charge >= 0.3 is 0 Å². The highest BCUT2D eigenvalue weighted by molar-refractivity contribution is 5.85. The molecule has 2 aliphatic carbocycles. The number of carbonyl (C=O) groups excluding carboxylic acids is 1. The Kier molecular flexibility index (Phi) is 5.93. The summed E-state index contributed by atoms with van der Waals surface area (Å²) in [5.41, 5.74) is 5.89. The Bertz CT molecular complexity index is 285. The van der Waals surface area contributed by atoms with Gasteiger partial charge < -0.3 is 10.6 Å². The third-order valence-corrected chi connectivity index (χ3v) is 4.63. The third kappa shape index (κ3) is 3.61. The molecule has 18 heavy (non-hydrogen) atoms. The first-order valence-corrected chi connectivity index (χ1v) is 7.10. The van der Waals surface area contributed by atoms with Crippen LogP contribution in [-0.4, -0.2) is 29.9 Å². The summed E-state index contributed by atoms with van der Waals surface area (Å²) in [5, 5.41) is 0. The lowest BCUT2D eigenvalue weighted by Gasteiger charge is -2.35. The fourth-order valence-corrected chi connectivity index (χ4v) is 3.46. The van der Waals surface area contributed by atoms with Crippen molar-refractivity contribution in [2.75, 3.05) is 7.05 Å². The molecule has 0 radical (unpaired) electrons. The Hall–Kier alpha value is -0.280. The maximum atomic E-state index is 12.4. The second kappa shape index (κ2) is 6.76. The lowest BCUT2D eigenvalue weighted by molar-refractivity contribution is -0.137. The van der Waals surface area contributed by atoms with E-state index >= 15 is 0 Å². The summed E-state index contributed by atoms with van der Waals surface area (Å²) in [5.74, 6) is 1.32. The predicted molar refractivity (Wildman–Crippen MR) is 76.8 cm³/mol. The summed E-state index contributed by atoms with van der Waals surface area (Å²) in [7, 11) is 1.99. The number of carbonyl (C=O) groups is 1. The van der Waals surface area contributed by atoms with Crippen LogP contribution in [0.15, 0.2) is 0 Å². The van der Waals surface area contributed by atoms with Crippen LogP contribution in [0.3, 0.4) is 0 Å². The van der Waals surface area contributed by atoms with Crippen molar-refractivity contribution in [1.82, 2.24) is 4.90 Å². The second-order valence-electron chi connectivity index (χ2n) is 6.14. The minimum atomic E-state index is 0. The molecule has 0 bridgehead atoms. The molecular weight excluding hydrogens is 248 g/mol. The molecular formula is C14H27ClN2O. The zero-order valence-electron chi connectivity index (χ0n) is 11.6. The average Bonchev–Trinajstić information content (AvgIpc) is 2.74. The van der Waals surface area contributed by atoms with Crippen molar-refractivity contribution in [1.29, 1.82) is 0 Å². The van der Waals surface area contributed by atoms with Gasteiger partial charge in [0.1, 0.15) is 0 Å². The first-order chi connectivity index (χ1) is 8.08. The predicted octanol–water partition coefficient (Wildman–Crippen LogP) is 2.57. The van der Waals surface area contributed by atoms with Crippen molar-refractivity contribution < 1.29 is 4.79 Å². The number of nitrogens with zero attached hydrogens (tertiary/aromatic N) is 1. The Morgan fingerprint density at radius 1 is 1.17 bits per heavy atom. The normalized spacial score (nSPS) is 35.9. The maximum Gasteiger partial charge on any atom is 0.225 e. The van der Waals surface area contributed by atoms with Gasteiger partial charge in [0.2, 0.25) is 5.91 Å². The maximum absolute atomic E-state index is 12.4. The summed E-state index contributed by atoms with van der Waals surface area (Å²) in [4.78, 5) is 14.4.